The number of anilines is 1. The summed E-state index contributed by atoms with van der Waals surface area (Å²) in [5.41, 5.74) is -0.272. The standard InChI is InChI=1S/C22H23F3N2O4/c1-8-9(2)17(22(23,24)25)11(4)18(10(8)3)27-15(28)7-12-13-6-14(16(12)21(27)31)20(30)26(5)19(13)29/h12-14,16H,6-7H2,1-5H3. The van der Waals surface area contributed by atoms with Gasteiger partial charge in [0.1, 0.15) is 0 Å². The molecule has 3 fully saturated rings. The molecule has 1 saturated carbocycles. The lowest BCUT2D eigenvalue weighted by atomic mass is 9.79. The third-order valence-electron chi connectivity index (χ3n) is 7.47. The molecule has 6 nitrogen and oxygen atoms in total. The van der Waals surface area contributed by atoms with Crippen LogP contribution in [0.4, 0.5) is 18.9 Å². The highest BCUT2D eigenvalue weighted by molar-refractivity contribution is 6.20. The van der Waals surface area contributed by atoms with E-state index >= 15 is 0 Å². The summed E-state index contributed by atoms with van der Waals surface area (Å²) in [7, 11) is 1.36. The number of amides is 4. The van der Waals surface area contributed by atoms with Crippen LogP contribution in [-0.4, -0.2) is 35.6 Å². The van der Waals surface area contributed by atoms with Gasteiger partial charge in [0, 0.05) is 19.4 Å². The Morgan fingerprint density at radius 1 is 0.806 bits per heavy atom. The second-order valence-corrected chi connectivity index (χ2v) is 8.87. The van der Waals surface area contributed by atoms with Crippen molar-refractivity contribution in [1.82, 2.24) is 4.90 Å². The molecule has 9 heteroatoms. The highest BCUT2D eigenvalue weighted by atomic mass is 19.4. The summed E-state index contributed by atoms with van der Waals surface area (Å²) >= 11 is 0. The van der Waals surface area contributed by atoms with Crippen molar-refractivity contribution in [1.29, 1.82) is 0 Å². The minimum atomic E-state index is -4.65. The van der Waals surface area contributed by atoms with Gasteiger partial charge in [-0.15, -0.1) is 0 Å². The number of benzene rings is 1. The average Bonchev–Trinajstić information content (AvgIpc) is 3.01. The number of carbonyl (C=O) groups is 4. The summed E-state index contributed by atoms with van der Waals surface area (Å²) in [5, 5.41) is 0. The van der Waals surface area contributed by atoms with Crippen molar-refractivity contribution in [3.63, 3.8) is 0 Å². The van der Waals surface area contributed by atoms with Crippen molar-refractivity contribution < 1.29 is 32.3 Å². The van der Waals surface area contributed by atoms with Gasteiger partial charge in [-0.1, -0.05) is 0 Å². The Balaban J connectivity index is 1.87. The first kappa shape index (κ1) is 21.5. The molecular formula is C22H23F3N2O4. The van der Waals surface area contributed by atoms with Gasteiger partial charge in [-0.25, -0.2) is 4.90 Å². The molecule has 0 spiro atoms. The number of nitrogens with zero attached hydrogens (tertiary/aromatic N) is 2. The number of likely N-dealkylation sites (tertiary alicyclic amines) is 1. The van der Waals surface area contributed by atoms with Crippen LogP contribution in [0.5, 0.6) is 0 Å². The highest BCUT2D eigenvalue weighted by Gasteiger charge is 2.61. The average molecular weight is 436 g/mol. The molecule has 4 atom stereocenters. The molecule has 2 heterocycles. The number of piperidine rings is 2. The summed E-state index contributed by atoms with van der Waals surface area (Å²) in [5.74, 6) is -5.02. The fourth-order valence-corrected chi connectivity index (χ4v) is 5.80. The first-order valence-electron chi connectivity index (χ1n) is 10.1. The molecule has 3 aliphatic rings. The molecule has 31 heavy (non-hydrogen) atoms. The van der Waals surface area contributed by atoms with E-state index in [-0.39, 0.29) is 29.7 Å². The summed E-state index contributed by atoms with van der Waals surface area (Å²) in [4.78, 5) is 53.6. The highest BCUT2D eigenvalue weighted by Crippen LogP contribution is 2.52. The van der Waals surface area contributed by atoms with Crippen LogP contribution < -0.4 is 4.90 Å². The third-order valence-corrected chi connectivity index (χ3v) is 7.47. The van der Waals surface area contributed by atoms with Gasteiger partial charge in [0.2, 0.25) is 23.6 Å². The molecule has 2 bridgehead atoms. The number of rotatable bonds is 1. The van der Waals surface area contributed by atoms with Crippen LogP contribution in [0.1, 0.15) is 40.7 Å². The molecule has 4 rings (SSSR count). The van der Waals surface area contributed by atoms with Crippen LogP contribution in [-0.2, 0) is 25.4 Å². The smallest absolute Gasteiger partial charge is 0.285 e. The Hall–Kier alpha value is -2.71. The Labute approximate surface area is 177 Å². The Morgan fingerprint density at radius 3 is 1.97 bits per heavy atom. The van der Waals surface area contributed by atoms with Gasteiger partial charge in [0.25, 0.3) is 0 Å². The maximum atomic E-state index is 13.8. The van der Waals surface area contributed by atoms with Crippen molar-refractivity contribution in [3.05, 3.63) is 27.8 Å². The Morgan fingerprint density at radius 2 is 1.39 bits per heavy atom. The van der Waals surface area contributed by atoms with E-state index < -0.39 is 59.0 Å². The molecule has 0 aromatic heterocycles. The fourth-order valence-electron chi connectivity index (χ4n) is 5.80. The first-order chi connectivity index (χ1) is 14.3. The summed E-state index contributed by atoms with van der Waals surface area (Å²) < 4.78 is 41.4. The molecule has 0 radical (unpaired) electrons. The Bertz CT molecular complexity index is 1060. The first-order valence-corrected chi connectivity index (χ1v) is 10.1. The molecule has 166 valence electrons. The van der Waals surface area contributed by atoms with Crippen LogP contribution in [0.25, 0.3) is 0 Å². The van der Waals surface area contributed by atoms with E-state index in [1.165, 1.54) is 27.8 Å². The van der Waals surface area contributed by atoms with Crippen molar-refractivity contribution in [2.24, 2.45) is 23.7 Å². The van der Waals surface area contributed by atoms with Crippen molar-refractivity contribution in [2.75, 3.05) is 11.9 Å². The number of halogens is 3. The van der Waals surface area contributed by atoms with Gasteiger partial charge >= 0.3 is 6.18 Å². The van der Waals surface area contributed by atoms with Gasteiger partial charge in [0.05, 0.1) is 23.1 Å². The number of hydrogen-bond acceptors (Lipinski definition) is 4. The molecule has 1 aliphatic carbocycles. The summed E-state index contributed by atoms with van der Waals surface area (Å²) in [6.45, 7) is 5.76. The van der Waals surface area contributed by atoms with Gasteiger partial charge < -0.3 is 0 Å². The van der Waals surface area contributed by atoms with Gasteiger partial charge in [-0.2, -0.15) is 13.2 Å². The molecular weight excluding hydrogens is 413 g/mol. The van der Waals surface area contributed by atoms with E-state index in [4.69, 9.17) is 0 Å². The van der Waals surface area contributed by atoms with E-state index in [0.717, 1.165) is 9.80 Å². The van der Waals surface area contributed by atoms with E-state index in [0.29, 0.717) is 11.1 Å². The lowest BCUT2D eigenvalue weighted by molar-refractivity contribution is -0.152. The predicted molar refractivity (Wildman–Crippen MR) is 104 cm³/mol. The zero-order valence-corrected chi connectivity index (χ0v) is 17.9. The molecule has 0 N–H and O–H groups in total. The van der Waals surface area contributed by atoms with Crippen LogP contribution in [0.3, 0.4) is 0 Å². The van der Waals surface area contributed by atoms with E-state index in [1.54, 1.807) is 6.92 Å². The van der Waals surface area contributed by atoms with Crippen molar-refractivity contribution in [2.45, 2.75) is 46.7 Å². The zero-order chi connectivity index (χ0) is 23.2. The van der Waals surface area contributed by atoms with E-state index in [9.17, 15) is 32.3 Å². The van der Waals surface area contributed by atoms with Crippen LogP contribution in [0.15, 0.2) is 0 Å². The molecule has 1 aromatic rings. The van der Waals surface area contributed by atoms with Gasteiger partial charge in [-0.05, 0) is 62.3 Å². The molecule has 2 saturated heterocycles. The normalized spacial score (nSPS) is 28.5. The number of hydrogen-bond donors (Lipinski definition) is 0. The van der Waals surface area contributed by atoms with E-state index in [1.807, 2.05) is 0 Å². The number of fused-ring (bicyclic) bond motifs is 5. The quantitative estimate of drug-likeness (QED) is 0.635. The van der Waals surface area contributed by atoms with Crippen LogP contribution in [0, 0.1) is 51.4 Å². The number of alkyl halides is 3. The second-order valence-electron chi connectivity index (χ2n) is 8.87. The Kier molecular flexibility index (Phi) is 4.61. The fraction of sp³-hybridized carbons (Fsp3) is 0.545. The van der Waals surface area contributed by atoms with Crippen LogP contribution >= 0.6 is 0 Å². The number of carbonyl (C=O) groups excluding carboxylic acids is 4. The van der Waals surface area contributed by atoms with E-state index in [2.05, 4.69) is 0 Å². The molecule has 1 aromatic carbocycles. The van der Waals surface area contributed by atoms with Gasteiger partial charge in [0.15, 0.2) is 0 Å². The summed E-state index contributed by atoms with van der Waals surface area (Å²) in [6.07, 6.45) is -4.61. The maximum absolute atomic E-state index is 13.8. The lowest BCUT2D eigenvalue weighted by Crippen LogP contribution is -2.51. The minimum absolute atomic E-state index is 0.0557. The lowest BCUT2D eigenvalue weighted by Gasteiger charge is -2.37. The van der Waals surface area contributed by atoms with Crippen molar-refractivity contribution in [3.8, 4) is 0 Å². The zero-order valence-electron chi connectivity index (χ0n) is 17.9. The van der Waals surface area contributed by atoms with Gasteiger partial charge in [-0.3, -0.25) is 24.1 Å². The topological polar surface area (TPSA) is 74.8 Å². The van der Waals surface area contributed by atoms with Crippen LogP contribution in [0.2, 0.25) is 0 Å². The second kappa shape index (κ2) is 6.64. The SMILES string of the molecule is Cc1c(C)c(N2C(=O)CC3C4CC(C(=O)N(C)C4=O)C3C2=O)c(C)c(C(F)(F)F)c1C. The summed E-state index contributed by atoms with van der Waals surface area (Å²) in [6, 6.07) is 0. The minimum Gasteiger partial charge on any atom is -0.285 e. The largest absolute Gasteiger partial charge is 0.417 e. The third kappa shape index (κ3) is 2.78. The van der Waals surface area contributed by atoms with Crippen molar-refractivity contribution >= 4 is 29.3 Å². The monoisotopic (exact) mass is 436 g/mol. The predicted octanol–water partition coefficient (Wildman–Crippen LogP) is 3.07. The maximum Gasteiger partial charge on any atom is 0.417 e. The molecule has 4 unspecified atom stereocenters. The number of imide groups is 2. The molecule has 2 aliphatic heterocycles. The molecule has 4 amide bonds.